The number of benzene rings is 1. The second-order valence-electron chi connectivity index (χ2n) is 6.05. The van der Waals surface area contributed by atoms with Gasteiger partial charge < -0.3 is 9.64 Å². The van der Waals surface area contributed by atoms with Crippen molar-refractivity contribution in [2.24, 2.45) is 5.92 Å². The van der Waals surface area contributed by atoms with E-state index in [0.29, 0.717) is 5.91 Å². The van der Waals surface area contributed by atoms with Crippen molar-refractivity contribution < 1.29 is 9.53 Å². The van der Waals surface area contributed by atoms with Crippen LogP contribution in [0.3, 0.4) is 0 Å². The lowest BCUT2D eigenvalue weighted by Crippen LogP contribution is -2.44. The van der Waals surface area contributed by atoms with Gasteiger partial charge in [-0.15, -0.1) is 0 Å². The first-order valence-electron chi connectivity index (χ1n) is 8.42. The Morgan fingerprint density at radius 3 is 2.74 bits per heavy atom. The van der Waals surface area contributed by atoms with Crippen molar-refractivity contribution >= 4 is 21.8 Å². The fourth-order valence-electron chi connectivity index (χ4n) is 3.26. The molecule has 1 heterocycles. The Balaban J connectivity index is 1.98. The van der Waals surface area contributed by atoms with Crippen LogP contribution in [0.1, 0.15) is 32.3 Å². The molecule has 1 fully saturated rings. The number of carbonyl (C=O) groups is 1. The topological polar surface area (TPSA) is 32.8 Å². The van der Waals surface area contributed by atoms with Crippen molar-refractivity contribution in [1.82, 2.24) is 9.80 Å². The van der Waals surface area contributed by atoms with Crippen molar-refractivity contribution in [2.75, 3.05) is 33.3 Å². The second kappa shape index (κ2) is 8.69. The Bertz CT molecular complexity index is 532. The Labute approximate surface area is 147 Å². The third-order valence-corrected chi connectivity index (χ3v) is 5.17. The number of rotatable bonds is 6. The maximum absolute atomic E-state index is 12.6. The molecule has 23 heavy (non-hydrogen) atoms. The van der Waals surface area contributed by atoms with E-state index in [1.807, 2.05) is 11.0 Å². The van der Waals surface area contributed by atoms with Gasteiger partial charge in [-0.2, -0.15) is 0 Å². The number of nitrogens with zero attached hydrogens (tertiary/aromatic N) is 2. The Hall–Kier alpha value is -1.07. The van der Waals surface area contributed by atoms with E-state index in [1.54, 1.807) is 7.11 Å². The van der Waals surface area contributed by atoms with Gasteiger partial charge in [0.05, 0.1) is 17.5 Å². The average Bonchev–Trinajstić information content (AvgIpc) is 2.56. The van der Waals surface area contributed by atoms with Gasteiger partial charge in [-0.1, -0.05) is 6.07 Å². The van der Waals surface area contributed by atoms with Crippen LogP contribution in [0.5, 0.6) is 5.75 Å². The maximum Gasteiger partial charge on any atom is 0.226 e. The summed E-state index contributed by atoms with van der Waals surface area (Å²) in [5.41, 5.74) is 1.24. The Morgan fingerprint density at radius 1 is 1.39 bits per heavy atom. The van der Waals surface area contributed by atoms with Crippen molar-refractivity contribution in [3.63, 3.8) is 0 Å². The minimum absolute atomic E-state index is 0.144. The molecule has 1 aliphatic rings. The standard InChI is InChI=1S/C18H27BrN2O2/c1-4-21(5-2)18(22)15-7-6-10-20(13-15)12-14-8-9-17(23-3)16(19)11-14/h8-9,11,15H,4-7,10,12-13H2,1-3H3/t15-/m0/s1. The molecule has 1 atom stereocenters. The van der Waals surface area contributed by atoms with Gasteiger partial charge in [-0.3, -0.25) is 9.69 Å². The largest absolute Gasteiger partial charge is 0.496 e. The van der Waals surface area contributed by atoms with Gasteiger partial charge in [0.1, 0.15) is 5.75 Å². The minimum Gasteiger partial charge on any atom is -0.496 e. The summed E-state index contributed by atoms with van der Waals surface area (Å²) in [5.74, 6) is 1.31. The molecular weight excluding hydrogens is 356 g/mol. The van der Waals surface area contributed by atoms with Crippen LogP contribution in [-0.2, 0) is 11.3 Å². The number of likely N-dealkylation sites (tertiary alicyclic amines) is 1. The van der Waals surface area contributed by atoms with Crippen LogP contribution in [0, 0.1) is 5.92 Å². The highest BCUT2D eigenvalue weighted by Gasteiger charge is 2.28. The van der Waals surface area contributed by atoms with Gasteiger partial charge >= 0.3 is 0 Å². The van der Waals surface area contributed by atoms with Crippen LogP contribution < -0.4 is 4.74 Å². The number of hydrogen-bond donors (Lipinski definition) is 0. The van der Waals surface area contributed by atoms with E-state index in [4.69, 9.17) is 4.74 Å². The number of amides is 1. The van der Waals surface area contributed by atoms with E-state index in [-0.39, 0.29) is 5.92 Å². The molecule has 4 nitrogen and oxygen atoms in total. The predicted octanol–water partition coefficient (Wildman–Crippen LogP) is 3.54. The molecular formula is C18H27BrN2O2. The highest BCUT2D eigenvalue weighted by molar-refractivity contribution is 9.10. The molecule has 1 aliphatic heterocycles. The van der Waals surface area contributed by atoms with Gasteiger partial charge in [-0.25, -0.2) is 0 Å². The number of hydrogen-bond acceptors (Lipinski definition) is 3. The lowest BCUT2D eigenvalue weighted by Gasteiger charge is -2.34. The summed E-state index contributed by atoms with van der Waals surface area (Å²) < 4.78 is 6.26. The summed E-state index contributed by atoms with van der Waals surface area (Å²) in [6, 6.07) is 6.19. The molecule has 128 valence electrons. The third kappa shape index (κ3) is 4.70. The smallest absolute Gasteiger partial charge is 0.226 e. The summed E-state index contributed by atoms with van der Waals surface area (Å²) in [6.07, 6.45) is 2.10. The number of ether oxygens (including phenoxy) is 1. The third-order valence-electron chi connectivity index (χ3n) is 4.55. The van der Waals surface area contributed by atoms with Crippen molar-refractivity contribution in [3.8, 4) is 5.75 Å². The van der Waals surface area contributed by atoms with Crippen LogP contribution in [0.25, 0.3) is 0 Å². The molecule has 0 aromatic heterocycles. The molecule has 0 saturated carbocycles. The number of piperidine rings is 1. The zero-order valence-electron chi connectivity index (χ0n) is 14.3. The summed E-state index contributed by atoms with van der Waals surface area (Å²) in [5, 5.41) is 0. The van der Waals surface area contributed by atoms with Crippen LogP contribution in [0.4, 0.5) is 0 Å². The van der Waals surface area contributed by atoms with E-state index >= 15 is 0 Å². The molecule has 0 spiro atoms. The molecule has 2 rings (SSSR count). The zero-order chi connectivity index (χ0) is 16.8. The lowest BCUT2D eigenvalue weighted by molar-refractivity contribution is -0.137. The first-order chi connectivity index (χ1) is 11.1. The molecule has 5 heteroatoms. The van der Waals surface area contributed by atoms with E-state index in [1.165, 1.54) is 5.56 Å². The normalized spacial score (nSPS) is 18.7. The van der Waals surface area contributed by atoms with Crippen molar-refractivity contribution in [1.29, 1.82) is 0 Å². The van der Waals surface area contributed by atoms with E-state index in [2.05, 4.69) is 46.8 Å². The van der Waals surface area contributed by atoms with Gasteiger partial charge in [0.25, 0.3) is 0 Å². The lowest BCUT2D eigenvalue weighted by atomic mass is 9.96. The minimum atomic E-state index is 0.144. The second-order valence-corrected chi connectivity index (χ2v) is 6.91. The number of halogens is 1. The molecule has 1 saturated heterocycles. The fourth-order valence-corrected chi connectivity index (χ4v) is 3.85. The molecule has 1 amide bonds. The highest BCUT2D eigenvalue weighted by Crippen LogP contribution is 2.27. The molecule has 1 aromatic carbocycles. The molecule has 0 aliphatic carbocycles. The summed E-state index contributed by atoms with van der Waals surface area (Å²) in [7, 11) is 1.67. The fraction of sp³-hybridized carbons (Fsp3) is 0.611. The van der Waals surface area contributed by atoms with E-state index < -0.39 is 0 Å². The first kappa shape index (κ1) is 18.3. The van der Waals surface area contributed by atoms with Gasteiger partial charge in [-0.05, 0) is 66.9 Å². The summed E-state index contributed by atoms with van der Waals surface area (Å²) in [6.45, 7) is 8.51. The van der Waals surface area contributed by atoms with Crippen LogP contribution in [-0.4, -0.2) is 49.0 Å². The van der Waals surface area contributed by atoms with Crippen LogP contribution >= 0.6 is 15.9 Å². The van der Waals surface area contributed by atoms with Crippen LogP contribution in [0.2, 0.25) is 0 Å². The van der Waals surface area contributed by atoms with E-state index in [0.717, 1.165) is 55.8 Å². The molecule has 0 N–H and O–H groups in total. The van der Waals surface area contributed by atoms with Gasteiger partial charge in [0.15, 0.2) is 0 Å². The van der Waals surface area contributed by atoms with Crippen molar-refractivity contribution in [3.05, 3.63) is 28.2 Å². The predicted molar refractivity (Wildman–Crippen MR) is 96.6 cm³/mol. The molecule has 0 bridgehead atoms. The molecule has 0 radical (unpaired) electrons. The Kier molecular flexibility index (Phi) is 6.90. The maximum atomic E-state index is 12.6. The number of carbonyl (C=O) groups excluding carboxylic acids is 1. The van der Waals surface area contributed by atoms with Gasteiger partial charge in [0, 0.05) is 26.2 Å². The molecule has 1 aromatic rings. The Morgan fingerprint density at radius 2 is 2.13 bits per heavy atom. The first-order valence-corrected chi connectivity index (χ1v) is 9.21. The summed E-state index contributed by atoms with van der Waals surface area (Å²) >= 11 is 3.54. The highest BCUT2D eigenvalue weighted by atomic mass is 79.9. The summed E-state index contributed by atoms with van der Waals surface area (Å²) in [4.78, 5) is 16.9. The SMILES string of the molecule is CCN(CC)C(=O)[C@H]1CCCN(Cc2ccc(OC)c(Br)c2)C1. The van der Waals surface area contributed by atoms with E-state index in [9.17, 15) is 4.79 Å². The van der Waals surface area contributed by atoms with Crippen LogP contribution in [0.15, 0.2) is 22.7 Å². The van der Waals surface area contributed by atoms with Crippen molar-refractivity contribution in [2.45, 2.75) is 33.2 Å². The number of methoxy groups -OCH3 is 1. The average molecular weight is 383 g/mol. The zero-order valence-corrected chi connectivity index (χ0v) is 15.9. The van der Waals surface area contributed by atoms with Gasteiger partial charge in [0.2, 0.25) is 5.91 Å². The monoisotopic (exact) mass is 382 g/mol. The quantitative estimate of drug-likeness (QED) is 0.754. The molecule has 0 unspecified atom stereocenters.